The fraction of sp³-hybridized carbons (Fsp3) is 0.0303. The van der Waals surface area contributed by atoms with Crippen LogP contribution in [0.25, 0.3) is 0 Å². The lowest BCUT2D eigenvalue weighted by atomic mass is 10.1. The highest BCUT2D eigenvalue weighted by molar-refractivity contribution is 7.87. The second-order valence-electron chi connectivity index (χ2n) is 8.65. The van der Waals surface area contributed by atoms with Gasteiger partial charge in [-0.05, 0) is 36.4 Å². The fourth-order valence-electron chi connectivity index (χ4n) is 4.31. The highest BCUT2D eigenvalue weighted by Gasteiger charge is 2.27. The van der Waals surface area contributed by atoms with Crippen LogP contribution in [0.1, 0.15) is 20.7 Å². The maximum Gasteiger partial charge on any atom is 0.338 e. The van der Waals surface area contributed by atoms with Gasteiger partial charge in [0.2, 0.25) is 0 Å². The fourth-order valence-corrected chi connectivity index (χ4v) is 7.84. The summed E-state index contributed by atoms with van der Waals surface area (Å²) >= 11 is 0. The van der Waals surface area contributed by atoms with E-state index in [4.69, 9.17) is 9.48 Å². The van der Waals surface area contributed by atoms with Crippen molar-refractivity contribution in [3.8, 4) is 0 Å². The number of rotatable bonds is 8. The average molecular weight is 516 g/mol. The van der Waals surface area contributed by atoms with Crippen molar-refractivity contribution in [3.05, 3.63) is 157 Å². The Morgan fingerprint density at radius 1 is 0.526 bits per heavy atom. The van der Waals surface area contributed by atoms with Gasteiger partial charge in [0.15, 0.2) is 12.4 Å². The number of hydrogen-bond donors (Lipinski definition) is 0. The van der Waals surface area contributed by atoms with Crippen LogP contribution in [0.3, 0.4) is 0 Å². The summed E-state index contributed by atoms with van der Waals surface area (Å²) < 4.78 is 10.7. The molecule has 0 heterocycles. The van der Waals surface area contributed by atoms with E-state index in [1.165, 1.54) is 0 Å². The largest absolute Gasteiger partial charge is 0.454 e. The minimum atomic E-state index is -2.40. The summed E-state index contributed by atoms with van der Waals surface area (Å²) in [5.41, 5.74) is 1.65. The minimum absolute atomic E-state index is 0.268. The van der Waals surface area contributed by atoms with Crippen molar-refractivity contribution >= 4 is 40.4 Å². The number of hydrogen-bond acceptors (Lipinski definition) is 4. The first-order valence-electron chi connectivity index (χ1n) is 12.3. The molecule has 0 aromatic heterocycles. The Balaban J connectivity index is 1.50. The smallest absolute Gasteiger partial charge is 0.338 e. The standard InChI is InChI=1S/C33H26NO3P/c35-32(25-37-33(36)27-13-5-1-6-14-27)26-21-23-28(24-22-26)34-38(29-15-7-2-8-16-29,30-17-9-3-10-18-30)31-19-11-4-12-20-31/h1-24H,25H2. The van der Waals surface area contributed by atoms with Crippen molar-refractivity contribution in [1.29, 1.82) is 0 Å². The molecule has 5 aromatic carbocycles. The van der Waals surface area contributed by atoms with E-state index in [-0.39, 0.29) is 12.4 Å². The van der Waals surface area contributed by atoms with E-state index in [1.54, 1.807) is 36.4 Å². The van der Waals surface area contributed by atoms with Crippen LogP contribution < -0.4 is 15.9 Å². The maximum absolute atomic E-state index is 12.7. The van der Waals surface area contributed by atoms with E-state index in [2.05, 4.69) is 36.4 Å². The van der Waals surface area contributed by atoms with E-state index in [0.717, 1.165) is 21.6 Å². The molecule has 0 aliphatic heterocycles. The van der Waals surface area contributed by atoms with Gasteiger partial charge in [0, 0.05) is 21.5 Å². The highest BCUT2D eigenvalue weighted by Crippen LogP contribution is 2.49. The molecule has 0 aliphatic rings. The third kappa shape index (κ3) is 5.41. The first kappa shape index (κ1) is 25.1. The van der Waals surface area contributed by atoms with Crippen LogP contribution in [-0.4, -0.2) is 18.4 Å². The molecule has 0 saturated heterocycles. The molecule has 0 aliphatic carbocycles. The van der Waals surface area contributed by atoms with E-state index < -0.39 is 13.0 Å². The Labute approximate surface area is 222 Å². The number of ketones is 1. The van der Waals surface area contributed by atoms with E-state index in [0.29, 0.717) is 11.1 Å². The number of ether oxygens (including phenoxy) is 1. The van der Waals surface area contributed by atoms with Gasteiger partial charge >= 0.3 is 5.97 Å². The zero-order valence-corrected chi connectivity index (χ0v) is 21.6. The third-order valence-electron chi connectivity index (χ3n) is 6.19. The normalized spacial score (nSPS) is 10.9. The average Bonchev–Trinajstić information content (AvgIpc) is 3.00. The van der Waals surface area contributed by atoms with Crippen molar-refractivity contribution < 1.29 is 14.3 Å². The summed E-state index contributed by atoms with van der Waals surface area (Å²) in [5, 5.41) is 3.43. The van der Waals surface area contributed by atoms with Gasteiger partial charge in [0.05, 0.1) is 18.3 Å². The summed E-state index contributed by atoms with van der Waals surface area (Å²) in [7, 11) is -2.40. The molecule has 0 bridgehead atoms. The number of carbonyl (C=O) groups is 2. The van der Waals surface area contributed by atoms with Gasteiger partial charge in [-0.2, -0.15) is 0 Å². The first-order chi connectivity index (χ1) is 18.7. The predicted molar refractivity (Wildman–Crippen MR) is 155 cm³/mol. The van der Waals surface area contributed by atoms with E-state index in [1.807, 2.05) is 72.8 Å². The van der Waals surface area contributed by atoms with Crippen LogP contribution in [0.15, 0.2) is 150 Å². The quantitative estimate of drug-likeness (QED) is 0.134. The maximum atomic E-state index is 12.7. The van der Waals surface area contributed by atoms with Gasteiger partial charge in [-0.15, -0.1) is 0 Å². The van der Waals surface area contributed by atoms with Gasteiger partial charge in [0.1, 0.15) is 0 Å². The number of carbonyl (C=O) groups excluding carboxylic acids is 2. The van der Waals surface area contributed by atoms with Crippen molar-refractivity contribution in [3.63, 3.8) is 0 Å². The second-order valence-corrected chi connectivity index (χ2v) is 11.7. The van der Waals surface area contributed by atoms with Crippen LogP contribution in [0.5, 0.6) is 0 Å². The molecule has 0 fully saturated rings. The molecule has 0 unspecified atom stereocenters. The molecule has 4 nitrogen and oxygen atoms in total. The molecule has 0 radical (unpaired) electrons. The van der Waals surface area contributed by atoms with Crippen LogP contribution in [-0.2, 0) is 4.74 Å². The Morgan fingerprint density at radius 2 is 0.947 bits per heavy atom. The van der Waals surface area contributed by atoms with Crippen LogP contribution in [0.2, 0.25) is 0 Å². The van der Waals surface area contributed by atoms with Gasteiger partial charge in [-0.25, -0.2) is 4.79 Å². The lowest BCUT2D eigenvalue weighted by Gasteiger charge is -2.27. The van der Waals surface area contributed by atoms with Crippen LogP contribution in [0, 0.1) is 0 Å². The predicted octanol–water partition coefficient (Wildman–Crippen LogP) is 6.54. The summed E-state index contributed by atoms with van der Waals surface area (Å²) in [6.45, 7) is -0.320. The van der Waals surface area contributed by atoms with Crippen molar-refractivity contribution in [2.75, 3.05) is 6.61 Å². The molecule has 0 N–H and O–H groups in total. The molecular formula is C33H26NO3P. The van der Waals surface area contributed by atoms with Gasteiger partial charge in [0.25, 0.3) is 0 Å². The molecule has 0 atom stereocenters. The van der Waals surface area contributed by atoms with Gasteiger partial charge < -0.3 is 4.74 Å². The second kappa shape index (κ2) is 11.7. The van der Waals surface area contributed by atoms with E-state index >= 15 is 0 Å². The number of nitrogens with zero attached hydrogens (tertiary/aromatic N) is 1. The molecule has 0 amide bonds. The molecule has 0 spiro atoms. The molecule has 38 heavy (non-hydrogen) atoms. The van der Waals surface area contributed by atoms with Crippen molar-refractivity contribution in [2.24, 2.45) is 4.74 Å². The summed E-state index contributed by atoms with van der Waals surface area (Å²) in [5.74, 6) is -0.787. The number of esters is 1. The zero-order chi connectivity index (χ0) is 26.2. The van der Waals surface area contributed by atoms with E-state index in [9.17, 15) is 9.59 Å². The topological polar surface area (TPSA) is 55.7 Å². The summed E-state index contributed by atoms with van der Waals surface area (Å²) in [6.07, 6.45) is 0. The highest BCUT2D eigenvalue weighted by atomic mass is 31.2. The molecule has 5 rings (SSSR count). The minimum Gasteiger partial charge on any atom is -0.454 e. The Bertz CT molecular complexity index is 1460. The van der Waals surface area contributed by atoms with Gasteiger partial charge in [-0.1, -0.05) is 109 Å². The van der Waals surface area contributed by atoms with Gasteiger partial charge in [-0.3, -0.25) is 9.54 Å². The molecular weight excluding hydrogens is 489 g/mol. The van der Waals surface area contributed by atoms with Crippen LogP contribution in [0.4, 0.5) is 5.69 Å². The molecule has 0 saturated carbocycles. The number of benzene rings is 5. The Kier molecular flexibility index (Phi) is 7.73. The zero-order valence-electron chi connectivity index (χ0n) is 20.7. The first-order valence-corrected chi connectivity index (χ1v) is 14.1. The molecule has 186 valence electrons. The van der Waals surface area contributed by atoms with Crippen LogP contribution >= 0.6 is 7.05 Å². The lowest BCUT2D eigenvalue weighted by Crippen LogP contribution is -2.25. The molecule has 5 aromatic rings. The number of Topliss-reactive ketones (excluding diaryl/α,β-unsaturated/α-hetero) is 1. The van der Waals surface area contributed by atoms with Crippen molar-refractivity contribution in [2.45, 2.75) is 0 Å². The SMILES string of the molecule is O=C(COC(=O)c1ccccc1)c1ccc(N=P(c2ccccc2)(c2ccccc2)c2ccccc2)cc1. The molecule has 5 heteroatoms. The van der Waals surface area contributed by atoms with Crippen molar-refractivity contribution in [1.82, 2.24) is 0 Å². The third-order valence-corrected chi connectivity index (χ3v) is 9.86. The summed E-state index contributed by atoms with van der Waals surface area (Å²) in [6, 6.07) is 47.0. The monoisotopic (exact) mass is 515 g/mol. The Morgan fingerprint density at radius 3 is 1.39 bits per heavy atom. The lowest BCUT2D eigenvalue weighted by molar-refractivity contribution is 0.0475. The summed E-state index contributed by atoms with van der Waals surface area (Å²) in [4.78, 5) is 25.0. The Hall–Kier alpha value is -4.53.